The third-order valence-corrected chi connectivity index (χ3v) is 5.53. The summed E-state index contributed by atoms with van der Waals surface area (Å²) in [5, 5.41) is 10.0. The number of ether oxygens (including phenoxy) is 1. The van der Waals surface area contributed by atoms with E-state index in [1.165, 1.54) is 0 Å². The molecule has 0 saturated heterocycles. The summed E-state index contributed by atoms with van der Waals surface area (Å²) in [5.41, 5.74) is 2.63. The van der Waals surface area contributed by atoms with Crippen LogP contribution in [0.4, 0.5) is 0 Å². The molecule has 2 atom stereocenters. The number of esters is 1. The van der Waals surface area contributed by atoms with Crippen LogP contribution in [0.1, 0.15) is 64.9 Å². The number of carbonyl (C=O) groups is 2. The number of phenolic OH excluding ortho intramolecular Hbond substituents is 1. The topological polar surface area (TPSA) is 76.0 Å². The summed E-state index contributed by atoms with van der Waals surface area (Å²) in [6.07, 6.45) is 2.85. The molecule has 1 aromatic rings. The minimum atomic E-state index is -0.650. The maximum atomic E-state index is 13.1. The second-order valence-corrected chi connectivity index (χ2v) is 8.63. The Labute approximate surface area is 166 Å². The highest BCUT2D eigenvalue weighted by atomic mass is 16.5. The van der Waals surface area contributed by atoms with Crippen LogP contribution in [0, 0.1) is 11.3 Å². The molecule has 0 radical (unpaired) electrons. The zero-order chi connectivity index (χ0) is 20.5. The predicted octanol–water partition coefficient (Wildman–Crippen LogP) is 4.55. The molecule has 5 heteroatoms. The van der Waals surface area contributed by atoms with Gasteiger partial charge >= 0.3 is 5.97 Å². The Balaban J connectivity index is 2.08. The van der Waals surface area contributed by atoms with Crippen LogP contribution in [0.3, 0.4) is 0 Å². The Morgan fingerprint density at radius 2 is 2.07 bits per heavy atom. The first-order valence-electron chi connectivity index (χ1n) is 10.0. The zero-order valence-corrected chi connectivity index (χ0v) is 17.1. The molecular weight excluding hydrogens is 354 g/mol. The molecule has 1 aliphatic heterocycles. The molecule has 28 heavy (non-hydrogen) atoms. The van der Waals surface area contributed by atoms with Crippen LogP contribution in [0.25, 0.3) is 0 Å². The van der Waals surface area contributed by atoms with Gasteiger partial charge in [0.15, 0.2) is 5.78 Å². The van der Waals surface area contributed by atoms with Crippen molar-refractivity contribution in [2.24, 2.45) is 16.3 Å². The van der Waals surface area contributed by atoms with E-state index in [9.17, 15) is 14.7 Å². The molecule has 1 unspecified atom stereocenters. The number of hydrogen-bond acceptors (Lipinski definition) is 5. The maximum absolute atomic E-state index is 13.1. The Hall–Kier alpha value is -2.43. The highest BCUT2D eigenvalue weighted by Crippen LogP contribution is 2.48. The third-order valence-electron chi connectivity index (χ3n) is 5.53. The summed E-state index contributed by atoms with van der Waals surface area (Å²) in [7, 11) is 0. The van der Waals surface area contributed by atoms with E-state index < -0.39 is 11.8 Å². The van der Waals surface area contributed by atoms with Gasteiger partial charge < -0.3 is 9.84 Å². The third kappa shape index (κ3) is 4.03. The SMILES string of the molecule is CCCCOC(=O)C1C(C)=NC2=C(C(=O)CC(C)(C)C2)[C@H]1c1cccc(O)c1. The lowest BCUT2D eigenvalue weighted by molar-refractivity contribution is -0.146. The number of Topliss-reactive ketones (excluding diaryl/α,β-unsaturated/α-hetero) is 1. The predicted molar refractivity (Wildman–Crippen MR) is 108 cm³/mol. The first kappa shape index (κ1) is 20.3. The second-order valence-electron chi connectivity index (χ2n) is 8.63. The van der Waals surface area contributed by atoms with Crippen molar-refractivity contribution < 1.29 is 19.4 Å². The Morgan fingerprint density at radius 3 is 2.75 bits per heavy atom. The summed E-state index contributed by atoms with van der Waals surface area (Å²) in [4.78, 5) is 30.8. The van der Waals surface area contributed by atoms with Crippen molar-refractivity contribution >= 4 is 17.5 Å². The van der Waals surface area contributed by atoms with Crippen molar-refractivity contribution in [2.45, 2.75) is 59.3 Å². The summed E-state index contributed by atoms with van der Waals surface area (Å²) >= 11 is 0. The van der Waals surface area contributed by atoms with E-state index >= 15 is 0 Å². The molecule has 1 aliphatic carbocycles. The molecule has 5 nitrogen and oxygen atoms in total. The molecule has 2 aliphatic rings. The van der Waals surface area contributed by atoms with E-state index in [1.807, 2.05) is 19.9 Å². The molecule has 0 saturated carbocycles. The summed E-state index contributed by atoms with van der Waals surface area (Å²) < 4.78 is 5.51. The van der Waals surface area contributed by atoms with E-state index in [4.69, 9.17) is 9.73 Å². The summed E-state index contributed by atoms with van der Waals surface area (Å²) in [6, 6.07) is 6.81. The number of benzene rings is 1. The van der Waals surface area contributed by atoms with Crippen LogP contribution < -0.4 is 0 Å². The second kappa shape index (κ2) is 7.90. The molecule has 3 rings (SSSR count). The van der Waals surface area contributed by atoms with Crippen LogP contribution in [0.15, 0.2) is 40.5 Å². The number of aromatic hydroxyl groups is 1. The smallest absolute Gasteiger partial charge is 0.315 e. The minimum Gasteiger partial charge on any atom is -0.508 e. The number of nitrogens with zero attached hydrogens (tertiary/aromatic N) is 1. The van der Waals surface area contributed by atoms with Gasteiger partial charge in [-0.15, -0.1) is 0 Å². The van der Waals surface area contributed by atoms with E-state index in [0.29, 0.717) is 30.7 Å². The minimum absolute atomic E-state index is 0.0298. The Kier molecular flexibility index (Phi) is 5.73. The molecule has 0 fully saturated rings. The van der Waals surface area contributed by atoms with Gasteiger partial charge in [-0.2, -0.15) is 0 Å². The number of unbranched alkanes of at least 4 members (excludes halogenated alkanes) is 1. The van der Waals surface area contributed by atoms with E-state index in [1.54, 1.807) is 18.2 Å². The summed E-state index contributed by atoms with van der Waals surface area (Å²) in [6.45, 7) is 8.36. The van der Waals surface area contributed by atoms with Gasteiger partial charge in [0.25, 0.3) is 0 Å². The van der Waals surface area contributed by atoms with Crippen molar-refractivity contribution in [2.75, 3.05) is 6.61 Å². The van der Waals surface area contributed by atoms with Crippen molar-refractivity contribution in [3.05, 3.63) is 41.1 Å². The van der Waals surface area contributed by atoms with Crippen LogP contribution >= 0.6 is 0 Å². The van der Waals surface area contributed by atoms with Gasteiger partial charge in [-0.1, -0.05) is 39.3 Å². The average Bonchev–Trinajstić information content (AvgIpc) is 2.59. The van der Waals surface area contributed by atoms with Crippen molar-refractivity contribution in [3.8, 4) is 5.75 Å². The normalized spacial score (nSPS) is 23.9. The first-order chi connectivity index (χ1) is 13.2. The number of allylic oxidation sites excluding steroid dienone is 2. The highest BCUT2D eigenvalue weighted by Gasteiger charge is 2.46. The van der Waals surface area contributed by atoms with E-state index in [0.717, 1.165) is 24.1 Å². The van der Waals surface area contributed by atoms with Crippen molar-refractivity contribution in [1.82, 2.24) is 0 Å². The fraction of sp³-hybridized carbons (Fsp3) is 0.522. The van der Waals surface area contributed by atoms with Crippen molar-refractivity contribution in [3.63, 3.8) is 0 Å². The molecule has 1 heterocycles. The quantitative estimate of drug-likeness (QED) is 0.598. The molecular formula is C23H29NO4. The molecule has 0 amide bonds. The maximum Gasteiger partial charge on any atom is 0.315 e. The van der Waals surface area contributed by atoms with E-state index in [-0.39, 0.29) is 22.9 Å². The lowest BCUT2D eigenvalue weighted by Gasteiger charge is -2.39. The molecule has 0 aromatic heterocycles. The number of ketones is 1. The van der Waals surface area contributed by atoms with E-state index in [2.05, 4.69) is 13.8 Å². The van der Waals surface area contributed by atoms with Gasteiger partial charge in [0.05, 0.1) is 6.61 Å². The van der Waals surface area contributed by atoms with Gasteiger partial charge in [-0.3, -0.25) is 14.6 Å². The molecule has 1 N–H and O–H groups in total. The first-order valence-corrected chi connectivity index (χ1v) is 10.0. The van der Waals surface area contributed by atoms with Crippen LogP contribution in [0.2, 0.25) is 0 Å². The van der Waals surface area contributed by atoms with Crippen LogP contribution in [0.5, 0.6) is 5.75 Å². The zero-order valence-electron chi connectivity index (χ0n) is 17.1. The Morgan fingerprint density at radius 1 is 1.32 bits per heavy atom. The summed E-state index contributed by atoms with van der Waals surface area (Å²) in [5.74, 6) is -1.34. The molecule has 0 spiro atoms. The van der Waals surface area contributed by atoms with Crippen LogP contribution in [-0.2, 0) is 14.3 Å². The van der Waals surface area contributed by atoms with Gasteiger partial charge in [0.1, 0.15) is 11.7 Å². The van der Waals surface area contributed by atoms with Crippen LogP contribution in [-0.4, -0.2) is 29.2 Å². The van der Waals surface area contributed by atoms with Gasteiger partial charge in [-0.25, -0.2) is 0 Å². The molecule has 1 aromatic carbocycles. The molecule has 0 bridgehead atoms. The lowest BCUT2D eigenvalue weighted by Crippen LogP contribution is -2.39. The number of aliphatic imine (C=N–C) groups is 1. The number of rotatable bonds is 5. The monoisotopic (exact) mass is 383 g/mol. The number of carbonyl (C=O) groups excluding carboxylic acids is 2. The lowest BCUT2D eigenvalue weighted by atomic mass is 9.67. The molecule has 150 valence electrons. The largest absolute Gasteiger partial charge is 0.508 e. The fourth-order valence-corrected chi connectivity index (χ4v) is 4.24. The van der Waals surface area contributed by atoms with Gasteiger partial charge in [-0.05, 0) is 42.9 Å². The number of hydrogen-bond donors (Lipinski definition) is 1. The fourth-order valence-electron chi connectivity index (χ4n) is 4.24. The van der Waals surface area contributed by atoms with Gasteiger partial charge in [0.2, 0.25) is 0 Å². The number of phenols is 1. The Bertz CT molecular complexity index is 850. The standard InChI is InChI=1S/C23H29NO4/c1-5-6-10-28-22(27)19-14(2)24-17-12-23(3,4)13-18(26)21(17)20(19)15-8-7-9-16(25)11-15/h7-9,11,19-20,25H,5-6,10,12-13H2,1-4H3/t19?,20-/m0/s1. The van der Waals surface area contributed by atoms with Gasteiger partial charge in [0, 0.05) is 29.3 Å². The van der Waals surface area contributed by atoms with Crippen molar-refractivity contribution in [1.29, 1.82) is 0 Å². The average molecular weight is 383 g/mol. The highest BCUT2D eigenvalue weighted by molar-refractivity contribution is 6.09.